The molecule has 0 spiro atoms. The minimum atomic E-state index is -1.23. The minimum absolute atomic E-state index is 0.142. The van der Waals surface area contributed by atoms with Crippen molar-refractivity contribution in [2.75, 3.05) is 18.0 Å². The number of carboxylic acids is 1. The average molecular weight is 287 g/mol. The van der Waals surface area contributed by atoms with Gasteiger partial charge in [0.2, 0.25) is 0 Å². The lowest BCUT2D eigenvalue weighted by molar-refractivity contribution is -0.384. The van der Waals surface area contributed by atoms with E-state index in [4.69, 9.17) is 23.1 Å². The first-order valence-electron chi connectivity index (χ1n) is 4.90. The fraction of sp³-hybridized carbons (Fsp3) is 0.182. The van der Waals surface area contributed by atoms with Crippen molar-refractivity contribution in [1.29, 1.82) is 0 Å². The SMILES string of the molecule is C#CCN(CC(=O)O)c1cc(Cl)c(F)cc1[N+](=O)[O-]. The van der Waals surface area contributed by atoms with E-state index in [1.807, 2.05) is 0 Å². The van der Waals surface area contributed by atoms with Crippen LogP contribution in [-0.2, 0) is 4.79 Å². The fourth-order valence-corrected chi connectivity index (χ4v) is 1.58. The molecule has 0 bridgehead atoms. The van der Waals surface area contributed by atoms with E-state index >= 15 is 0 Å². The molecule has 0 aliphatic heterocycles. The molecule has 0 fully saturated rings. The maximum atomic E-state index is 13.2. The quantitative estimate of drug-likeness (QED) is 0.508. The molecule has 0 saturated carbocycles. The molecule has 0 amide bonds. The molecule has 0 radical (unpaired) electrons. The van der Waals surface area contributed by atoms with Crippen molar-refractivity contribution in [2.24, 2.45) is 0 Å². The number of aliphatic carboxylic acids is 1. The van der Waals surface area contributed by atoms with Gasteiger partial charge < -0.3 is 10.0 Å². The molecule has 0 atom stereocenters. The number of carbonyl (C=O) groups is 1. The number of nitro groups is 1. The Morgan fingerprint density at radius 1 is 1.63 bits per heavy atom. The first-order chi connectivity index (χ1) is 8.86. The lowest BCUT2D eigenvalue weighted by Crippen LogP contribution is -2.30. The molecule has 0 heterocycles. The number of hydrogen-bond donors (Lipinski definition) is 1. The van der Waals surface area contributed by atoms with Gasteiger partial charge in [-0.3, -0.25) is 14.9 Å². The van der Waals surface area contributed by atoms with Crippen LogP contribution in [0.15, 0.2) is 12.1 Å². The number of nitrogens with zero attached hydrogens (tertiary/aromatic N) is 2. The highest BCUT2D eigenvalue weighted by Gasteiger charge is 2.23. The second-order valence-electron chi connectivity index (χ2n) is 3.47. The van der Waals surface area contributed by atoms with Crippen molar-refractivity contribution in [3.05, 3.63) is 33.1 Å². The fourth-order valence-electron chi connectivity index (χ4n) is 1.43. The van der Waals surface area contributed by atoms with Gasteiger partial charge in [-0.15, -0.1) is 6.42 Å². The van der Waals surface area contributed by atoms with E-state index in [-0.39, 0.29) is 17.3 Å². The van der Waals surface area contributed by atoms with Crippen LogP contribution in [-0.4, -0.2) is 29.1 Å². The van der Waals surface area contributed by atoms with E-state index in [1.54, 1.807) is 0 Å². The van der Waals surface area contributed by atoms with E-state index in [1.165, 1.54) is 0 Å². The first-order valence-corrected chi connectivity index (χ1v) is 5.28. The Morgan fingerprint density at radius 2 is 2.26 bits per heavy atom. The van der Waals surface area contributed by atoms with Gasteiger partial charge in [0.1, 0.15) is 18.0 Å². The molecule has 100 valence electrons. The van der Waals surface area contributed by atoms with Crippen LogP contribution in [0, 0.1) is 28.3 Å². The molecular weight excluding hydrogens is 279 g/mol. The van der Waals surface area contributed by atoms with Gasteiger partial charge in [0.05, 0.1) is 22.6 Å². The average Bonchev–Trinajstić information content (AvgIpc) is 2.30. The zero-order valence-corrected chi connectivity index (χ0v) is 10.2. The van der Waals surface area contributed by atoms with Crippen molar-refractivity contribution in [3.63, 3.8) is 0 Å². The van der Waals surface area contributed by atoms with Crippen molar-refractivity contribution < 1.29 is 19.2 Å². The Balaban J connectivity index is 3.35. The number of halogens is 2. The van der Waals surface area contributed by atoms with E-state index in [0.717, 1.165) is 11.0 Å². The normalized spacial score (nSPS) is 9.74. The standard InChI is InChI=1S/C11H8ClFN2O4/c1-2-3-14(6-11(16)17)9-4-7(12)8(13)5-10(9)15(18)19/h1,4-5H,3,6H2,(H,16,17). The van der Waals surface area contributed by atoms with Crippen LogP contribution in [0.25, 0.3) is 0 Å². The van der Waals surface area contributed by atoms with Crippen LogP contribution in [0.3, 0.4) is 0 Å². The summed E-state index contributed by atoms with van der Waals surface area (Å²) in [6.07, 6.45) is 5.08. The number of carboxylic acid groups (broad SMARTS) is 1. The highest BCUT2D eigenvalue weighted by atomic mass is 35.5. The second-order valence-corrected chi connectivity index (χ2v) is 3.87. The largest absolute Gasteiger partial charge is 0.480 e. The van der Waals surface area contributed by atoms with Crippen LogP contribution in [0.5, 0.6) is 0 Å². The monoisotopic (exact) mass is 286 g/mol. The number of benzene rings is 1. The number of nitro benzene ring substituents is 1. The van der Waals surface area contributed by atoms with Crippen LogP contribution in [0.4, 0.5) is 15.8 Å². The number of terminal acetylenes is 1. The maximum Gasteiger partial charge on any atom is 0.323 e. The molecule has 19 heavy (non-hydrogen) atoms. The Morgan fingerprint density at radius 3 is 2.74 bits per heavy atom. The van der Waals surface area contributed by atoms with Gasteiger partial charge in [-0.2, -0.15) is 0 Å². The Hall–Kier alpha value is -2.33. The van der Waals surface area contributed by atoms with Crippen LogP contribution < -0.4 is 4.90 Å². The van der Waals surface area contributed by atoms with Gasteiger partial charge >= 0.3 is 5.97 Å². The molecule has 1 aromatic carbocycles. The summed E-state index contributed by atoms with van der Waals surface area (Å²) in [4.78, 5) is 21.8. The summed E-state index contributed by atoms with van der Waals surface area (Å²) in [5, 5.41) is 19.2. The van der Waals surface area contributed by atoms with E-state index < -0.39 is 28.9 Å². The zero-order valence-electron chi connectivity index (χ0n) is 9.47. The van der Waals surface area contributed by atoms with Crippen LogP contribution in [0.2, 0.25) is 5.02 Å². The third kappa shape index (κ3) is 3.56. The highest BCUT2D eigenvalue weighted by molar-refractivity contribution is 6.31. The van der Waals surface area contributed by atoms with E-state index in [0.29, 0.717) is 6.07 Å². The summed E-state index contributed by atoms with van der Waals surface area (Å²) in [6, 6.07) is 1.61. The Labute approximate surface area is 112 Å². The highest BCUT2D eigenvalue weighted by Crippen LogP contribution is 2.33. The summed E-state index contributed by atoms with van der Waals surface area (Å²) in [7, 11) is 0. The molecule has 0 aliphatic rings. The summed E-state index contributed by atoms with van der Waals surface area (Å²) in [6.45, 7) is -0.748. The number of hydrogen-bond acceptors (Lipinski definition) is 4. The topological polar surface area (TPSA) is 83.7 Å². The molecule has 0 aromatic heterocycles. The van der Waals surface area contributed by atoms with Crippen LogP contribution in [0.1, 0.15) is 0 Å². The van der Waals surface area contributed by atoms with Gasteiger partial charge in [0, 0.05) is 0 Å². The van der Waals surface area contributed by atoms with Gasteiger partial charge in [-0.25, -0.2) is 4.39 Å². The summed E-state index contributed by atoms with van der Waals surface area (Å²) < 4.78 is 13.2. The predicted octanol–water partition coefficient (Wildman–Crippen LogP) is 1.91. The summed E-state index contributed by atoms with van der Waals surface area (Å²) in [5.74, 6) is -0.0212. The van der Waals surface area contributed by atoms with Crippen molar-refractivity contribution >= 4 is 28.9 Å². The number of rotatable bonds is 5. The van der Waals surface area contributed by atoms with Crippen molar-refractivity contribution in [3.8, 4) is 12.3 Å². The Kier molecular flexibility index (Phi) is 4.67. The smallest absolute Gasteiger partial charge is 0.323 e. The zero-order chi connectivity index (χ0) is 14.6. The number of anilines is 1. The second kappa shape index (κ2) is 6.02. The lowest BCUT2D eigenvalue weighted by atomic mass is 10.2. The minimum Gasteiger partial charge on any atom is -0.480 e. The third-order valence-electron chi connectivity index (χ3n) is 2.16. The summed E-state index contributed by atoms with van der Waals surface area (Å²) >= 11 is 5.55. The summed E-state index contributed by atoms with van der Waals surface area (Å²) in [5.41, 5.74) is -0.741. The van der Waals surface area contributed by atoms with E-state index in [9.17, 15) is 19.3 Å². The molecule has 1 N–H and O–H groups in total. The molecule has 0 unspecified atom stereocenters. The molecule has 1 aromatic rings. The molecule has 0 aliphatic carbocycles. The van der Waals surface area contributed by atoms with Gasteiger partial charge in [-0.05, 0) is 6.07 Å². The van der Waals surface area contributed by atoms with Crippen molar-refractivity contribution in [2.45, 2.75) is 0 Å². The van der Waals surface area contributed by atoms with Gasteiger partial charge in [-0.1, -0.05) is 17.5 Å². The third-order valence-corrected chi connectivity index (χ3v) is 2.45. The lowest BCUT2D eigenvalue weighted by Gasteiger charge is -2.20. The maximum absolute atomic E-state index is 13.2. The van der Waals surface area contributed by atoms with Gasteiger partial charge in [0.15, 0.2) is 0 Å². The molecule has 6 nitrogen and oxygen atoms in total. The molecule has 1 rings (SSSR count). The van der Waals surface area contributed by atoms with E-state index in [2.05, 4.69) is 5.92 Å². The first kappa shape index (κ1) is 14.7. The Bertz CT molecular complexity index is 571. The van der Waals surface area contributed by atoms with Gasteiger partial charge in [0.25, 0.3) is 5.69 Å². The molecule has 0 saturated heterocycles. The van der Waals surface area contributed by atoms with Crippen molar-refractivity contribution in [1.82, 2.24) is 0 Å². The predicted molar refractivity (Wildman–Crippen MR) is 66.7 cm³/mol. The van der Waals surface area contributed by atoms with Crippen LogP contribution >= 0.6 is 11.6 Å². The molecular formula is C11H8ClFN2O4. The molecule has 8 heteroatoms.